The summed E-state index contributed by atoms with van der Waals surface area (Å²) in [7, 11) is 0. The Morgan fingerprint density at radius 1 is 1.38 bits per heavy atom. The zero-order valence-electron chi connectivity index (χ0n) is 12.2. The number of fused-ring (bicyclic) bond motifs is 1. The molecule has 0 radical (unpaired) electrons. The van der Waals surface area contributed by atoms with E-state index in [2.05, 4.69) is 10.4 Å². The number of nitrogens with one attached hydrogen (secondary N) is 1. The fraction of sp³-hybridized carbons (Fsp3) is 0.333. The van der Waals surface area contributed by atoms with E-state index < -0.39 is 5.97 Å². The molecule has 0 unspecified atom stereocenters. The zero-order valence-corrected chi connectivity index (χ0v) is 12.2. The minimum atomic E-state index is -0.459. The number of nitrogen functional groups attached to an aromatic ring is 1. The van der Waals surface area contributed by atoms with Gasteiger partial charge in [-0.3, -0.25) is 10.8 Å². The highest BCUT2D eigenvalue weighted by Gasteiger charge is 2.16. The van der Waals surface area contributed by atoms with E-state index in [4.69, 9.17) is 15.3 Å². The molecule has 0 spiro atoms. The van der Waals surface area contributed by atoms with Crippen molar-refractivity contribution in [3.63, 3.8) is 0 Å². The van der Waals surface area contributed by atoms with Crippen molar-refractivity contribution in [2.24, 2.45) is 5.84 Å². The third-order valence-corrected chi connectivity index (χ3v) is 2.95. The lowest BCUT2D eigenvalue weighted by Gasteiger charge is -2.12. The average molecular weight is 289 g/mol. The van der Waals surface area contributed by atoms with E-state index >= 15 is 0 Å². The number of esters is 1. The second kappa shape index (κ2) is 6.90. The maximum absolute atomic E-state index is 11.9. The number of aromatic nitrogens is 1. The molecule has 3 N–H and O–H groups in total. The molecular weight excluding hydrogens is 270 g/mol. The predicted molar refractivity (Wildman–Crippen MR) is 81.3 cm³/mol. The molecule has 2 aromatic rings. The number of nitrogens with zero attached hydrogens (tertiary/aromatic N) is 1. The highest BCUT2D eigenvalue weighted by molar-refractivity contribution is 6.05. The molecule has 6 heteroatoms. The van der Waals surface area contributed by atoms with Crippen LogP contribution in [0.3, 0.4) is 0 Å². The van der Waals surface area contributed by atoms with Gasteiger partial charge in [0.05, 0.1) is 24.4 Å². The Balaban J connectivity index is 2.50. The van der Waals surface area contributed by atoms with Crippen molar-refractivity contribution in [2.45, 2.75) is 20.3 Å². The van der Waals surface area contributed by atoms with Crippen molar-refractivity contribution in [1.82, 2.24) is 4.98 Å². The number of hydrogen-bond acceptors (Lipinski definition) is 6. The second-order valence-electron chi connectivity index (χ2n) is 4.44. The van der Waals surface area contributed by atoms with Gasteiger partial charge in [-0.05, 0) is 31.5 Å². The summed E-state index contributed by atoms with van der Waals surface area (Å²) in [5.74, 6) is 5.83. The summed E-state index contributed by atoms with van der Waals surface area (Å²) in [6, 6.07) is 5.49. The molecule has 1 aromatic carbocycles. The van der Waals surface area contributed by atoms with Crippen molar-refractivity contribution in [1.29, 1.82) is 0 Å². The van der Waals surface area contributed by atoms with Crippen LogP contribution >= 0.6 is 0 Å². The molecule has 6 nitrogen and oxygen atoms in total. The Hall–Kier alpha value is -2.34. The van der Waals surface area contributed by atoms with Gasteiger partial charge in [-0.25, -0.2) is 4.79 Å². The number of nitrogens with two attached hydrogens (primary N) is 1. The maximum atomic E-state index is 11.9. The standard InChI is InChI=1S/C15H19N3O3/c1-3-7-21-10-5-6-13-11(8-10)14(18-16)12(9-17-13)15(19)20-4-2/h5-6,8-9H,3-4,7,16H2,1-2H3,(H,17,18). The van der Waals surface area contributed by atoms with Crippen LogP contribution in [0.2, 0.25) is 0 Å². The summed E-state index contributed by atoms with van der Waals surface area (Å²) in [6.07, 6.45) is 2.38. The largest absolute Gasteiger partial charge is 0.494 e. The first-order chi connectivity index (χ1) is 10.2. The Kier molecular flexibility index (Phi) is 4.94. The van der Waals surface area contributed by atoms with Crippen LogP contribution in [0, 0.1) is 0 Å². The number of anilines is 1. The predicted octanol–water partition coefficient (Wildman–Crippen LogP) is 2.49. The van der Waals surface area contributed by atoms with Crippen molar-refractivity contribution in [3.05, 3.63) is 30.0 Å². The Morgan fingerprint density at radius 3 is 2.86 bits per heavy atom. The van der Waals surface area contributed by atoms with E-state index in [0.29, 0.717) is 30.2 Å². The van der Waals surface area contributed by atoms with Crippen molar-refractivity contribution in [2.75, 3.05) is 18.6 Å². The third kappa shape index (κ3) is 3.22. The van der Waals surface area contributed by atoms with Gasteiger partial charge in [-0.1, -0.05) is 6.92 Å². The van der Waals surface area contributed by atoms with E-state index in [0.717, 1.165) is 17.3 Å². The number of hydrogen-bond donors (Lipinski definition) is 2. The minimum absolute atomic E-state index is 0.292. The lowest BCUT2D eigenvalue weighted by atomic mass is 10.1. The van der Waals surface area contributed by atoms with Crippen LogP contribution in [-0.4, -0.2) is 24.2 Å². The number of benzene rings is 1. The quantitative estimate of drug-likeness (QED) is 0.482. The lowest BCUT2D eigenvalue weighted by molar-refractivity contribution is 0.0527. The summed E-state index contributed by atoms with van der Waals surface area (Å²) < 4.78 is 10.6. The molecule has 0 saturated carbocycles. The minimum Gasteiger partial charge on any atom is -0.494 e. The van der Waals surface area contributed by atoms with Crippen LogP contribution in [-0.2, 0) is 4.74 Å². The molecule has 0 aliphatic carbocycles. The number of hydrazine groups is 1. The van der Waals surface area contributed by atoms with Gasteiger partial charge in [0.1, 0.15) is 11.3 Å². The zero-order chi connectivity index (χ0) is 15.2. The maximum Gasteiger partial charge on any atom is 0.341 e. The molecule has 112 valence electrons. The molecule has 0 amide bonds. The number of carbonyl (C=O) groups excluding carboxylic acids is 1. The Bertz CT molecular complexity index is 643. The Morgan fingerprint density at radius 2 is 2.19 bits per heavy atom. The van der Waals surface area contributed by atoms with Gasteiger partial charge in [-0.2, -0.15) is 0 Å². The topological polar surface area (TPSA) is 86.5 Å². The fourth-order valence-corrected chi connectivity index (χ4v) is 2.00. The molecule has 0 bridgehead atoms. The first kappa shape index (κ1) is 15.1. The van der Waals surface area contributed by atoms with Crippen molar-refractivity contribution in [3.8, 4) is 5.75 Å². The molecule has 1 heterocycles. The van der Waals surface area contributed by atoms with Crippen molar-refractivity contribution >= 4 is 22.6 Å². The molecule has 0 saturated heterocycles. The van der Waals surface area contributed by atoms with Crippen molar-refractivity contribution < 1.29 is 14.3 Å². The van der Waals surface area contributed by atoms with E-state index in [1.54, 1.807) is 6.92 Å². The number of pyridine rings is 1. The molecule has 1 aromatic heterocycles. The van der Waals surface area contributed by atoms with Gasteiger partial charge < -0.3 is 14.9 Å². The lowest BCUT2D eigenvalue weighted by Crippen LogP contribution is -2.15. The molecule has 0 aliphatic rings. The first-order valence-electron chi connectivity index (χ1n) is 6.90. The summed E-state index contributed by atoms with van der Waals surface area (Å²) in [6.45, 7) is 4.70. The summed E-state index contributed by atoms with van der Waals surface area (Å²) in [5.41, 5.74) is 4.08. The third-order valence-electron chi connectivity index (χ3n) is 2.95. The fourth-order valence-electron chi connectivity index (χ4n) is 2.00. The summed E-state index contributed by atoms with van der Waals surface area (Å²) >= 11 is 0. The van der Waals surface area contributed by atoms with Gasteiger partial charge in [0.2, 0.25) is 0 Å². The highest BCUT2D eigenvalue weighted by Crippen LogP contribution is 2.29. The van der Waals surface area contributed by atoms with Crippen LogP contribution in [0.4, 0.5) is 5.69 Å². The van der Waals surface area contributed by atoms with Crippen LogP contribution in [0.15, 0.2) is 24.4 Å². The Labute approximate surface area is 123 Å². The molecule has 0 aliphatic heterocycles. The summed E-state index contributed by atoms with van der Waals surface area (Å²) in [4.78, 5) is 16.2. The van der Waals surface area contributed by atoms with Crippen LogP contribution in [0.5, 0.6) is 5.75 Å². The van der Waals surface area contributed by atoms with Crippen LogP contribution in [0.1, 0.15) is 30.6 Å². The van der Waals surface area contributed by atoms with E-state index in [1.165, 1.54) is 6.20 Å². The van der Waals surface area contributed by atoms with Crippen LogP contribution < -0.4 is 16.0 Å². The number of rotatable bonds is 6. The SMILES string of the molecule is CCCOc1ccc2ncc(C(=O)OCC)c(NN)c2c1. The first-order valence-corrected chi connectivity index (χ1v) is 6.90. The van der Waals surface area contributed by atoms with E-state index in [9.17, 15) is 4.79 Å². The van der Waals surface area contributed by atoms with Gasteiger partial charge in [-0.15, -0.1) is 0 Å². The van der Waals surface area contributed by atoms with Crippen LogP contribution in [0.25, 0.3) is 10.9 Å². The molecule has 21 heavy (non-hydrogen) atoms. The molecular formula is C15H19N3O3. The van der Waals surface area contributed by atoms with E-state index in [1.807, 2.05) is 25.1 Å². The van der Waals surface area contributed by atoms with Gasteiger partial charge in [0.15, 0.2) is 0 Å². The monoisotopic (exact) mass is 289 g/mol. The molecule has 0 fully saturated rings. The molecule has 2 rings (SSSR count). The summed E-state index contributed by atoms with van der Waals surface area (Å²) in [5, 5.41) is 0.719. The number of ether oxygens (including phenoxy) is 2. The van der Waals surface area contributed by atoms with E-state index in [-0.39, 0.29) is 0 Å². The van der Waals surface area contributed by atoms with Gasteiger partial charge >= 0.3 is 5.97 Å². The highest BCUT2D eigenvalue weighted by atomic mass is 16.5. The molecule has 0 atom stereocenters. The van der Waals surface area contributed by atoms with Gasteiger partial charge in [0.25, 0.3) is 0 Å². The second-order valence-corrected chi connectivity index (χ2v) is 4.44. The average Bonchev–Trinajstić information content (AvgIpc) is 2.51. The smallest absolute Gasteiger partial charge is 0.341 e. The number of carbonyl (C=O) groups is 1. The normalized spacial score (nSPS) is 10.4. The van der Waals surface area contributed by atoms with Gasteiger partial charge in [0, 0.05) is 11.6 Å².